The fraction of sp³-hybridized carbons (Fsp3) is 0.591. The molecule has 1 heterocycles. The minimum atomic E-state index is -0.992. The van der Waals surface area contributed by atoms with Crippen molar-refractivity contribution in [1.82, 2.24) is 10.2 Å². The van der Waals surface area contributed by atoms with Crippen LogP contribution in [0.2, 0.25) is 0 Å². The third-order valence-corrected chi connectivity index (χ3v) is 5.29. The Balaban J connectivity index is 2.04. The van der Waals surface area contributed by atoms with Crippen molar-refractivity contribution in [1.29, 1.82) is 0 Å². The number of nitrogens with zero attached hydrogens (tertiary/aromatic N) is 1. The molecule has 29 heavy (non-hydrogen) atoms. The molecule has 0 spiro atoms. The summed E-state index contributed by atoms with van der Waals surface area (Å²) in [6.45, 7) is 5.16. The average molecular weight is 405 g/mol. The first-order chi connectivity index (χ1) is 13.9. The van der Waals surface area contributed by atoms with E-state index in [1.54, 1.807) is 13.8 Å². The summed E-state index contributed by atoms with van der Waals surface area (Å²) in [5.41, 5.74) is 1.10. The second kappa shape index (κ2) is 11.7. The molecule has 7 heteroatoms. The van der Waals surface area contributed by atoms with E-state index in [9.17, 15) is 19.5 Å². The zero-order valence-electron chi connectivity index (χ0n) is 17.3. The number of Topliss-reactive ketones (excluding diaryl/α,β-unsaturated/α-hetero) is 1. The van der Waals surface area contributed by atoms with Gasteiger partial charge in [-0.25, -0.2) is 0 Å². The summed E-state index contributed by atoms with van der Waals surface area (Å²) in [5, 5.41) is 12.4. The minimum Gasteiger partial charge on any atom is -0.481 e. The number of rotatable bonds is 12. The quantitative estimate of drug-likeness (QED) is 0.515. The molecule has 0 bridgehead atoms. The van der Waals surface area contributed by atoms with E-state index in [0.29, 0.717) is 12.8 Å². The lowest BCUT2D eigenvalue weighted by molar-refractivity contribution is -0.147. The Morgan fingerprint density at radius 3 is 2.41 bits per heavy atom. The Kier molecular flexibility index (Phi) is 9.28. The predicted molar refractivity (Wildman–Crippen MR) is 110 cm³/mol. The highest BCUT2D eigenvalue weighted by molar-refractivity contribution is 5.92. The van der Waals surface area contributed by atoms with Crippen LogP contribution in [0.3, 0.4) is 0 Å². The maximum Gasteiger partial charge on any atom is 0.323 e. The maximum atomic E-state index is 13.0. The lowest BCUT2D eigenvalue weighted by atomic mass is 9.99. The molecule has 160 valence electrons. The summed E-state index contributed by atoms with van der Waals surface area (Å²) in [7, 11) is 0. The van der Waals surface area contributed by atoms with Gasteiger partial charge in [0.1, 0.15) is 6.04 Å². The highest BCUT2D eigenvalue weighted by Gasteiger charge is 2.34. The van der Waals surface area contributed by atoms with Crippen molar-refractivity contribution in [2.75, 3.05) is 19.7 Å². The summed E-state index contributed by atoms with van der Waals surface area (Å²) in [6.07, 6.45) is 2.87. The van der Waals surface area contributed by atoms with Gasteiger partial charge in [-0.05, 0) is 58.2 Å². The molecule has 0 saturated carbocycles. The molecule has 2 N–H and O–H groups in total. The maximum absolute atomic E-state index is 13.0. The Morgan fingerprint density at radius 2 is 1.83 bits per heavy atom. The fourth-order valence-corrected chi connectivity index (χ4v) is 3.77. The molecule has 0 aliphatic carbocycles. The van der Waals surface area contributed by atoms with Crippen LogP contribution in [0.1, 0.15) is 45.1 Å². The molecule has 2 rings (SSSR count). The topological polar surface area (TPSA) is 95.9 Å². The molecular formula is C22H32N2O5. The van der Waals surface area contributed by atoms with Crippen molar-refractivity contribution < 1.29 is 24.2 Å². The number of ether oxygens (including phenoxy) is 1. The SMILES string of the molecule is CCOC(=O)[C@H](CCc1ccccc1)N[C@@H](C)C(=O)[C@H](CC(=O)O)N1CCCC1. The molecular weight excluding hydrogens is 372 g/mol. The van der Waals surface area contributed by atoms with Gasteiger partial charge in [-0.15, -0.1) is 0 Å². The van der Waals surface area contributed by atoms with Crippen molar-refractivity contribution in [3.63, 3.8) is 0 Å². The van der Waals surface area contributed by atoms with E-state index in [1.807, 2.05) is 35.2 Å². The number of nitrogens with one attached hydrogen (secondary N) is 1. The van der Waals surface area contributed by atoms with Gasteiger partial charge < -0.3 is 9.84 Å². The van der Waals surface area contributed by atoms with Crippen molar-refractivity contribution in [2.24, 2.45) is 0 Å². The van der Waals surface area contributed by atoms with Crippen LogP contribution >= 0.6 is 0 Å². The van der Waals surface area contributed by atoms with Gasteiger partial charge in [0, 0.05) is 0 Å². The highest BCUT2D eigenvalue weighted by atomic mass is 16.5. The molecule has 0 amide bonds. The molecule has 1 aromatic rings. The van der Waals surface area contributed by atoms with Gasteiger partial charge in [-0.2, -0.15) is 0 Å². The lowest BCUT2D eigenvalue weighted by Crippen LogP contribution is -2.53. The number of benzene rings is 1. The van der Waals surface area contributed by atoms with Crippen molar-refractivity contribution in [3.8, 4) is 0 Å². The first-order valence-corrected chi connectivity index (χ1v) is 10.4. The van der Waals surface area contributed by atoms with Crippen LogP contribution in [-0.2, 0) is 25.5 Å². The number of carbonyl (C=O) groups is 3. The fourth-order valence-electron chi connectivity index (χ4n) is 3.77. The smallest absolute Gasteiger partial charge is 0.323 e. The number of hydrogen-bond acceptors (Lipinski definition) is 6. The Bertz CT molecular complexity index is 673. The summed E-state index contributed by atoms with van der Waals surface area (Å²) < 4.78 is 5.18. The lowest BCUT2D eigenvalue weighted by Gasteiger charge is -2.29. The van der Waals surface area contributed by atoms with Gasteiger partial charge in [0.15, 0.2) is 5.78 Å². The summed E-state index contributed by atoms with van der Waals surface area (Å²) >= 11 is 0. The van der Waals surface area contributed by atoms with Gasteiger partial charge in [0.25, 0.3) is 0 Å². The number of ketones is 1. The minimum absolute atomic E-state index is 0.191. The molecule has 1 aromatic carbocycles. The van der Waals surface area contributed by atoms with E-state index in [2.05, 4.69) is 5.32 Å². The van der Waals surface area contributed by atoms with Gasteiger partial charge in [-0.1, -0.05) is 30.3 Å². The largest absolute Gasteiger partial charge is 0.481 e. The van der Waals surface area contributed by atoms with E-state index in [-0.39, 0.29) is 24.8 Å². The van der Waals surface area contributed by atoms with Gasteiger partial charge in [0.05, 0.1) is 25.1 Å². The van der Waals surface area contributed by atoms with Crippen molar-refractivity contribution >= 4 is 17.7 Å². The third kappa shape index (κ3) is 7.25. The molecule has 1 saturated heterocycles. The van der Waals surface area contributed by atoms with Gasteiger partial charge in [-0.3, -0.25) is 24.6 Å². The van der Waals surface area contributed by atoms with E-state index >= 15 is 0 Å². The number of carboxylic acid groups (broad SMARTS) is 1. The van der Waals surface area contributed by atoms with Crippen LogP contribution in [0.25, 0.3) is 0 Å². The van der Waals surface area contributed by atoms with Crippen LogP contribution in [-0.4, -0.2) is 65.6 Å². The normalized spacial score (nSPS) is 17.4. The van der Waals surface area contributed by atoms with E-state index in [0.717, 1.165) is 31.5 Å². The first kappa shape index (κ1) is 23.0. The second-order valence-corrected chi connectivity index (χ2v) is 7.48. The predicted octanol–water partition coefficient (Wildman–Crippen LogP) is 2.04. The molecule has 1 aliphatic rings. The molecule has 1 aliphatic heterocycles. The zero-order valence-corrected chi connectivity index (χ0v) is 17.3. The number of carbonyl (C=O) groups excluding carboxylic acids is 2. The van der Waals surface area contributed by atoms with Crippen LogP contribution in [0.15, 0.2) is 30.3 Å². The van der Waals surface area contributed by atoms with E-state index < -0.39 is 24.1 Å². The number of hydrogen-bond donors (Lipinski definition) is 2. The number of esters is 1. The Hall–Kier alpha value is -2.25. The van der Waals surface area contributed by atoms with Crippen LogP contribution in [0.4, 0.5) is 0 Å². The standard InChI is InChI=1S/C22H32N2O5/c1-3-29-22(28)18(12-11-17-9-5-4-6-10-17)23-16(2)21(27)19(15-20(25)26)24-13-7-8-14-24/h4-6,9-10,16,18-19,23H,3,7-8,11-15H2,1-2H3,(H,25,26)/t16-,18-,19-/m0/s1. The van der Waals surface area contributed by atoms with Crippen LogP contribution in [0.5, 0.6) is 0 Å². The molecule has 1 fully saturated rings. The van der Waals surface area contributed by atoms with Crippen LogP contribution < -0.4 is 5.32 Å². The van der Waals surface area contributed by atoms with Crippen molar-refractivity contribution in [2.45, 2.75) is 64.1 Å². The monoisotopic (exact) mass is 404 g/mol. The number of aryl methyl sites for hydroxylation is 1. The molecule has 0 aromatic heterocycles. The Labute approximate surface area is 172 Å². The number of aliphatic carboxylic acids is 1. The number of likely N-dealkylation sites (tertiary alicyclic amines) is 1. The summed E-state index contributed by atoms with van der Waals surface area (Å²) in [5.74, 6) is -1.57. The average Bonchev–Trinajstić information content (AvgIpc) is 3.24. The summed E-state index contributed by atoms with van der Waals surface area (Å²) in [4.78, 5) is 38.7. The zero-order chi connectivity index (χ0) is 21.2. The van der Waals surface area contributed by atoms with Gasteiger partial charge in [0.2, 0.25) is 0 Å². The molecule has 0 unspecified atom stereocenters. The van der Waals surface area contributed by atoms with Gasteiger partial charge >= 0.3 is 11.9 Å². The van der Waals surface area contributed by atoms with E-state index in [4.69, 9.17) is 4.74 Å². The second-order valence-electron chi connectivity index (χ2n) is 7.48. The van der Waals surface area contributed by atoms with Crippen LogP contribution in [0, 0.1) is 0 Å². The van der Waals surface area contributed by atoms with E-state index in [1.165, 1.54) is 0 Å². The Morgan fingerprint density at radius 1 is 1.17 bits per heavy atom. The summed E-state index contributed by atoms with van der Waals surface area (Å²) in [6, 6.07) is 7.87. The van der Waals surface area contributed by atoms with Crippen molar-refractivity contribution in [3.05, 3.63) is 35.9 Å². The highest BCUT2D eigenvalue weighted by Crippen LogP contribution is 2.17. The third-order valence-electron chi connectivity index (χ3n) is 5.29. The molecule has 0 radical (unpaired) electrons. The number of carboxylic acids is 1. The first-order valence-electron chi connectivity index (χ1n) is 10.4. The molecule has 7 nitrogen and oxygen atoms in total. The molecule has 3 atom stereocenters.